The van der Waals surface area contributed by atoms with Gasteiger partial charge >= 0.3 is 0 Å². The van der Waals surface area contributed by atoms with Gasteiger partial charge in [-0.1, -0.05) is 13.3 Å². The van der Waals surface area contributed by atoms with Gasteiger partial charge in [0.2, 0.25) is 0 Å². The topological polar surface area (TPSA) is 68.3 Å². The molecule has 0 saturated heterocycles. The molecule has 0 amide bonds. The molecule has 0 fully saturated rings. The summed E-state index contributed by atoms with van der Waals surface area (Å²) in [6, 6.07) is 0. The number of hydrogen-bond donors (Lipinski definition) is 0. The molecule has 3 atom stereocenters. The minimum Gasteiger partial charge on any atom is -0.303 e. The van der Waals surface area contributed by atoms with Gasteiger partial charge in [-0.15, -0.1) is 0 Å². The van der Waals surface area contributed by atoms with Crippen molar-refractivity contribution < 1.29 is 19.2 Å². The zero-order valence-electron chi connectivity index (χ0n) is 11.6. The van der Waals surface area contributed by atoms with Crippen molar-refractivity contribution in [3.63, 3.8) is 0 Å². The molecule has 0 aromatic rings. The molecule has 4 heteroatoms. The van der Waals surface area contributed by atoms with Crippen LogP contribution in [0, 0.1) is 17.8 Å². The van der Waals surface area contributed by atoms with Crippen LogP contribution in [0.1, 0.15) is 51.9 Å². The van der Waals surface area contributed by atoms with Crippen molar-refractivity contribution >= 4 is 25.1 Å². The Kier molecular flexibility index (Phi) is 10.9. The summed E-state index contributed by atoms with van der Waals surface area (Å²) in [4.78, 5) is 42.7. The van der Waals surface area contributed by atoms with Crippen molar-refractivity contribution in [3.05, 3.63) is 0 Å². The van der Waals surface area contributed by atoms with E-state index in [0.29, 0.717) is 32.1 Å². The summed E-state index contributed by atoms with van der Waals surface area (Å²) in [6.07, 6.45) is 8.07. The number of carbonyl (C=O) groups excluding carboxylic acids is 4. The molecule has 0 aromatic carbocycles. The van der Waals surface area contributed by atoms with E-state index in [4.69, 9.17) is 0 Å². The summed E-state index contributed by atoms with van der Waals surface area (Å²) < 4.78 is 0. The Bertz CT molecular complexity index is 275. The van der Waals surface area contributed by atoms with Crippen molar-refractivity contribution in [1.29, 1.82) is 0 Å². The Morgan fingerprint density at radius 3 is 1.84 bits per heavy atom. The average Bonchev–Trinajstić information content (AvgIpc) is 2.46. The van der Waals surface area contributed by atoms with Gasteiger partial charge in [-0.3, -0.25) is 0 Å². The molecule has 19 heavy (non-hydrogen) atoms. The SMILES string of the molecule is CCC(C=O)CC(C=O)CCCC(C=O)CCC=O. The van der Waals surface area contributed by atoms with Crippen molar-refractivity contribution in [2.24, 2.45) is 17.8 Å². The highest BCUT2D eigenvalue weighted by molar-refractivity contribution is 5.58. The van der Waals surface area contributed by atoms with Crippen molar-refractivity contribution in [2.75, 3.05) is 0 Å². The van der Waals surface area contributed by atoms with E-state index < -0.39 is 0 Å². The van der Waals surface area contributed by atoms with Crippen LogP contribution in [0.25, 0.3) is 0 Å². The molecule has 0 aliphatic rings. The third-order valence-electron chi connectivity index (χ3n) is 3.51. The van der Waals surface area contributed by atoms with Crippen LogP contribution in [0.3, 0.4) is 0 Å². The summed E-state index contributed by atoms with van der Waals surface area (Å²) in [5.74, 6) is -0.244. The molecule has 3 unspecified atom stereocenters. The normalized spacial score (nSPS) is 15.2. The van der Waals surface area contributed by atoms with Gasteiger partial charge in [0, 0.05) is 24.2 Å². The largest absolute Gasteiger partial charge is 0.303 e. The van der Waals surface area contributed by atoms with Crippen LogP contribution in [-0.4, -0.2) is 25.1 Å². The predicted molar refractivity (Wildman–Crippen MR) is 72.7 cm³/mol. The van der Waals surface area contributed by atoms with Gasteiger partial charge in [-0.05, 0) is 32.1 Å². The van der Waals surface area contributed by atoms with E-state index in [1.165, 1.54) is 0 Å². The van der Waals surface area contributed by atoms with Gasteiger partial charge in [0.25, 0.3) is 0 Å². The number of aldehydes is 4. The molecule has 0 bridgehead atoms. The lowest BCUT2D eigenvalue weighted by atomic mass is 9.89. The second-order valence-corrected chi connectivity index (χ2v) is 5.01. The zero-order chi connectivity index (χ0) is 14.5. The van der Waals surface area contributed by atoms with E-state index in [0.717, 1.165) is 38.0 Å². The van der Waals surface area contributed by atoms with Crippen molar-refractivity contribution in [1.82, 2.24) is 0 Å². The lowest BCUT2D eigenvalue weighted by Gasteiger charge is -2.15. The quantitative estimate of drug-likeness (QED) is 0.481. The highest BCUT2D eigenvalue weighted by Gasteiger charge is 2.15. The second kappa shape index (κ2) is 11.8. The maximum Gasteiger partial charge on any atom is 0.123 e. The molecular weight excluding hydrogens is 244 g/mol. The molecule has 0 radical (unpaired) electrons. The summed E-state index contributed by atoms with van der Waals surface area (Å²) in [5.41, 5.74) is 0. The van der Waals surface area contributed by atoms with E-state index in [2.05, 4.69) is 0 Å². The first-order valence-corrected chi connectivity index (χ1v) is 7.01. The van der Waals surface area contributed by atoms with E-state index in [-0.39, 0.29) is 17.8 Å². The van der Waals surface area contributed by atoms with Crippen LogP contribution in [0.15, 0.2) is 0 Å². The number of hydrogen-bond acceptors (Lipinski definition) is 4. The Morgan fingerprint density at radius 1 is 0.789 bits per heavy atom. The van der Waals surface area contributed by atoms with E-state index in [9.17, 15) is 19.2 Å². The van der Waals surface area contributed by atoms with Crippen LogP contribution in [0.5, 0.6) is 0 Å². The van der Waals surface area contributed by atoms with E-state index in [1.54, 1.807) is 0 Å². The first kappa shape index (κ1) is 17.7. The van der Waals surface area contributed by atoms with Gasteiger partial charge in [-0.25, -0.2) is 0 Å². The predicted octanol–water partition coefficient (Wildman–Crippen LogP) is 2.38. The number of rotatable bonds is 13. The first-order chi connectivity index (χ1) is 9.21. The smallest absolute Gasteiger partial charge is 0.123 e. The third-order valence-corrected chi connectivity index (χ3v) is 3.51. The molecule has 0 spiro atoms. The lowest BCUT2D eigenvalue weighted by molar-refractivity contribution is -0.114. The molecule has 0 rings (SSSR count). The van der Waals surface area contributed by atoms with Gasteiger partial charge in [0.05, 0.1) is 0 Å². The molecule has 4 nitrogen and oxygen atoms in total. The average molecular weight is 268 g/mol. The Hall–Kier alpha value is -1.32. The lowest BCUT2D eigenvalue weighted by Crippen LogP contribution is -2.12. The fraction of sp³-hybridized carbons (Fsp3) is 0.733. The monoisotopic (exact) mass is 268 g/mol. The minimum absolute atomic E-state index is 0.0490. The van der Waals surface area contributed by atoms with Crippen molar-refractivity contribution in [2.45, 2.75) is 51.9 Å². The fourth-order valence-electron chi connectivity index (χ4n) is 2.15. The molecule has 0 heterocycles. The highest BCUT2D eigenvalue weighted by Crippen LogP contribution is 2.20. The first-order valence-electron chi connectivity index (χ1n) is 7.01. The Morgan fingerprint density at radius 2 is 1.37 bits per heavy atom. The van der Waals surface area contributed by atoms with Crippen LogP contribution < -0.4 is 0 Å². The molecule has 0 N–H and O–H groups in total. The van der Waals surface area contributed by atoms with Gasteiger partial charge in [-0.2, -0.15) is 0 Å². The molecule has 0 aliphatic carbocycles. The van der Waals surface area contributed by atoms with Crippen LogP contribution in [0.2, 0.25) is 0 Å². The Balaban J connectivity index is 3.98. The summed E-state index contributed by atoms with van der Waals surface area (Å²) >= 11 is 0. The van der Waals surface area contributed by atoms with Crippen molar-refractivity contribution in [3.8, 4) is 0 Å². The Labute approximate surface area is 114 Å². The van der Waals surface area contributed by atoms with E-state index in [1.807, 2.05) is 6.92 Å². The van der Waals surface area contributed by atoms with Gasteiger partial charge < -0.3 is 19.2 Å². The highest BCUT2D eigenvalue weighted by atomic mass is 16.1. The molecule has 0 aromatic heterocycles. The maximum atomic E-state index is 11.0. The third kappa shape index (κ3) is 8.41. The molecule has 0 aliphatic heterocycles. The summed E-state index contributed by atoms with van der Waals surface area (Å²) in [7, 11) is 0. The maximum absolute atomic E-state index is 11.0. The fourth-order valence-corrected chi connectivity index (χ4v) is 2.15. The zero-order valence-corrected chi connectivity index (χ0v) is 11.6. The molecule has 0 saturated carbocycles. The van der Waals surface area contributed by atoms with E-state index >= 15 is 0 Å². The summed E-state index contributed by atoms with van der Waals surface area (Å²) in [5, 5.41) is 0. The van der Waals surface area contributed by atoms with Crippen LogP contribution >= 0.6 is 0 Å². The summed E-state index contributed by atoms with van der Waals surface area (Å²) in [6.45, 7) is 1.93. The standard InChI is InChI=1S/C15H24O4/c1-2-13(10-17)9-15(12-19)6-3-5-14(11-18)7-4-8-16/h8,10-15H,2-7,9H2,1H3. The van der Waals surface area contributed by atoms with Crippen LogP contribution in [0.4, 0.5) is 0 Å². The molecular formula is C15H24O4. The number of carbonyl (C=O) groups is 4. The molecule has 108 valence electrons. The van der Waals surface area contributed by atoms with Gasteiger partial charge in [0.1, 0.15) is 25.1 Å². The van der Waals surface area contributed by atoms with Crippen LogP contribution in [-0.2, 0) is 19.2 Å². The van der Waals surface area contributed by atoms with Gasteiger partial charge in [0.15, 0.2) is 0 Å². The minimum atomic E-state index is -0.103. The second-order valence-electron chi connectivity index (χ2n) is 5.01.